The lowest BCUT2D eigenvalue weighted by atomic mass is 10.1. The van der Waals surface area contributed by atoms with Gasteiger partial charge in [0, 0.05) is 10.6 Å². The zero-order chi connectivity index (χ0) is 18.7. The maximum Gasteiger partial charge on any atom is 0.293 e. The first-order valence-corrected chi connectivity index (χ1v) is 9.13. The van der Waals surface area contributed by atoms with Crippen molar-refractivity contribution in [3.05, 3.63) is 63.5 Å². The average Bonchev–Trinajstić information content (AvgIpc) is 2.87. The summed E-state index contributed by atoms with van der Waals surface area (Å²) in [6.07, 6.45) is 1.50. The van der Waals surface area contributed by atoms with E-state index >= 15 is 0 Å². The van der Waals surface area contributed by atoms with Crippen molar-refractivity contribution < 1.29 is 19.4 Å². The SMILES string of the molecule is CCOc1ccc(O)c(/C=C2\SC(=O)N(Cc3ccc(Cl)cc3)C2=O)c1. The summed E-state index contributed by atoms with van der Waals surface area (Å²) >= 11 is 6.70. The van der Waals surface area contributed by atoms with Crippen molar-refractivity contribution in [2.45, 2.75) is 13.5 Å². The highest BCUT2D eigenvalue weighted by atomic mass is 35.5. The molecule has 2 aromatic carbocycles. The number of thioether (sulfide) groups is 1. The third-order valence-corrected chi connectivity index (χ3v) is 4.88. The summed E-state index contributed by atoms with van der Waals surface area (Å²) in [5.41, 5.74) is 1.23. The molecule has 0 bridgehead atoms. The molecule has 2 aromatic rings. The number of hydrogen-bond acceptors (Lipinski definition) is 5. The van der Waals surface area contributed by atoms with Crippen LogP contribution in [0, 0.1) is 0 Å². The van der Waals surface area contributed by atoms with Crippen LogP contribution in [0.3, 0.4) is 0 Å². The van der Waals surface area contributed by atoms with Crippen LogP contribution in [0.25, 0.3) is 6.08 Å². The quantitative estimate of drug-likeness (QED) is 0.752. The summed E-state index contributed by atoms with van der Waals surface area (Å²) in [4.78, 5) is 26.2. The van der Waals surface area contributed by atoms with Crippen LogP contribution < -0.4 is 4.74 Å². The van der Waals surface area contributed by atoms with Crippen LogP contribution in [0.4, 0.5) is 4.79 Å². The average molecular weight is 390 g/mol. The molecule has 0 saturated carbocycles. The molecular formula is C19H16ClNO4S. The number of imide groups is 1. The molecule has 1 N–H and O–H groups in total. The Morgan fingerprint density at radius 1 is 1.19 bits per heavy atom. The Morgan fingerprint density at radius 3 is 2.62 bits per heavy atom. The van der Waals surface area contributed by atoms with Crippen molar-refractivity contribution in [1.82, 2.24) is 4.90 Å². The molecule has 0 unspecified atom stereocenters. The lowest BCUT2D eigenvalue weighted by Gasteiger charge is -2.12. The number of halogens is 1. The highest BCUT2D eigenvalue weighted by Crippen LogP contribution is 2.35. The van der Waals surface area contributed by atoms with E-state index in [0.29, 0.717) is 22.9 Å². The number of carbonyl (C=O) groups excluding carboxylic acids is 2. The fraction of sp³-hybridized carbons (Fsp3) is 0.158. The number of phenolic OH excluding ortho intramolecular Hbond substituents is 1. The highest BCUT2D eigenvalue weighted by molar-refractivity contribution is 8.18. The Hall–Kier alpha value is -2.44. The molecule has 0 aliphatic carbocycles. The number of amides is 2. The molecule has 0 aromatic heterocycles. The van der Waals surface area contributed by atoms with Gasteiger partial charge in [0.05, 0.1) is 18.1 Å². The van der Waals surface area contributed by atoms with Gasteiger partial charge in [-0.15, -0.1) is 0 Å². The van der Waals surface area contributed by atoms with Crippen LogP contribution in [-0.4, -0.2) is 27.8 Å². The van der Waals surface area contributed by atoms with Gasteiger partial charge in [0.2, 0.25) is 0 Å². The van der Waals surface area contributed by atoms with Gasteiger partial charge < -0.3 is 9.84 Å². The molecular weight excluding hydrogens is 374 g/mol. The van der Waals surface area contributed by atoms with Crippen molar-refractivity contribution in [3.8, 4) is 11.5 Å². The predicted octanol–water partition coefficient (Wildman–Crippen LogP) is 4.68. The number of nitrogens with zero attached hydrogens (tertiary/aromatic N) is 1. The first-order valence-electron chi connectivity index (χ1n) is 7.93. The van der Waals surface area contributed by atoms with E-state index in [1.54, 1.807) is 36.4 Å². The number of phenols is 1. The normalized spacial score (nSPS) is 15.8. The summed E-state index contributed by atoms with van der Waals surface area (Å²) in [6, 6.07) is 11.7. The third kappa shape index (κ3) is 4.03. The van der Waals surface area contributed by atoms with Crippen LogP contribution in [0.1, 0.15) is 18.1 Å². The zero-order valence-corrected chi connectivity index (χ0v) is 15.5. The zero-order valence-electron chi connectivity index (χ0n) is 13.9. The fourth-order valence-corrected chi connectivity index (χ4v) is 3.41. The van der Waals surface area contributed by atoms with Crippen LogP contribution in [0.15, 0.2) is 47.4 Å². The first kappa shape index (κ1) is 18.4. The molecule has 1 saturated heterocycles. The monoisotopic (exact) mass is 389 g/mol. The second-order valence-electron chi connectivity index (χ2n) is 5.55. The number of aromatic hydroxyl groups is 1. The molecule has 0 atom stereocenters. The second-order valence-corrected chi connectivity index (χ2v) is 6.98. The predicted molar refractivity (Wildman–Crippen MR) is 102 cm³/mol. The van der Waals surface area contributed by atoms with Crippen molar-refractivity contribution in [2.24, 2.45) is 0 Å². The van der Waals surface area contributed by atoms with Crippen molar-refractivity contribution in [1.29, 1.82) is 0 Å². The van der Waals surface area contributed by atoms with Gasteiger partial charge in [0.15, 0.2) is 0 Å². The minimum absolute atomic E-state index is 0.0120. The molecule has 0 radical (unpaired) electrons. The molecule has 5 nitrogen and oxygen atoms in total. The van der Waals surface area contributed by atoms with Crippen molar-refractivity contribution in [3.63, 3.8) is 0 Å². The Kier molecular flexibility index (Phi) is 5.54. The maximum atomic E-state index is 12.6. The Morgan fingerprint density at radius 2 is 1.92 bits per heavy atom. The molecule has 26 heavy (non-hydrogen) atoms. The smallest absolute Gasteiger partial charge is 0.293 e. The maximum absolute atomic E-state index is 12.6. The van der Waals surface area contributed by atoms with Crippen LogP contribution in [0.2, 0.25) is 5.02 Å². The number of hydrogen-bond donors (Lipinski definition) is 1. The number of carbonyl (C=O) groups is 2. The Labute approximate surface area is 160 Å². The van der Waals surface area contributed by atoms with E-state index in [1.165, 1.54) is 17.0 Å². The first-order chi connectivity index (χ1) is 12.5. The summed E-state index contributed by atoms with van der Waals surface area (Å²) in [6.45, 7) is 2.51. The van der Waals surface area contributed by atoms with E-state index in [1.807, 2.05) is 6.92 Å². The lowest BCUT2D eigenvalue weighted by molar-refractivity contribution is -0.123. The van der Waals surface area contributed by atoms with E-state index in [-0.39, 0.29) is 22.4 Å². The van der Waals surface area contributed by atoms with Gasteiger partial charge in [-0.25, -0.2) is 0 Å². The van der Waals surface area contributed by atoms with Gasteiger partial charge >= 0.3 is 0 Å². The number of benzene rings is 2. The van der Waals surface area contributed by atoms with Crippen molar-refractivity contribution in [2.75, 3.05) is 6.61 Å². The van der Waals surface area contributed by atoms with Gasteiger partial charge in [-0.05, 0) is 60.7 Å². The standard InChI is InChI=1S/C19H16ClNO4S/c1-2-25-15-7-8-16(22)13(9-15)10-17-18(23)21(19(24)26-17)11-12-3-5-14(20)6-4-12/h3-10,22H,2,11H2,1H3/b17-10-. The van der Waals surface area contributed by atoms with Crippen LogP contribution >= 0.6 is 23.4 Å². The lowest BCUT2D eigenvalue weighted by Crippen LogP contribution is -2.27. The second kappa shape index (κ2) is 7.85. The van der Waals surface area contributed by atoms with E-state index in [4.69, 9.17) is 16.3 Å². The Balaban J connectivity index is 1.83. The van der Waals surface area contributed by atoms with Gasteiger partial charge in [0.25, 0.3) is 11.1 Å². The number of ether oxygens (including phenoxy) is 1. The molecule has 7 heteroatoms. The molecule has 1 aliphatic heterocycles. The van der Waals surface area contributed by atoms with Crippen molar-refractivity contribution >= 4 is 40.6 Å². The molecule has 3 rings (SSSR count). The molecule has 1 heterocycles. The topological polar surface area (TPSA) is 66.8 Å². The van der Waals surface area contributed by atoms with Gasteiger partial charge in [-0.2, -0.15) is 0 Å². The molecule has 0 spiro atoms. The van der Waals surface area contributed by atoms with Crippen LogP contribution in [-0.2, 0) is 11.3 Å². The van der Waals surface area contributed by atoms with Crippen LogP contribution in [0.5, 0.6) is 11.5 Å². The molecule has 1 aliphatic rings. The summed E-state index contributed by atoms with van der Waals surface area (Å²) in [5.74, 6) is 0.200. The molecule has 1 fully saturated rings. The molecule has 2 amide bonds. The van der Waals surface area contributed by atoms with Gasteiger partial charge in [-0.1, -0.05) is 23.7 Å². The van der Waals surface area contributed by atoms with E-state index < -0.39 is 5.91 Å². The van der Waals surface area contributed by atoms with Gasteiger partial charge in [-0.3, -0.25) is 14.5 Å². The largest absolute Gasteiger partial charge is 0.507 e. The Bertz CT molecular complexity index is 880. The van der Waals surface area contributed by atoms with Gasteiger partial charge in [0.1, 0.15) is 11.5 Å². The number of rotatable bonds is 5. The molecule has 134 valence electrons. The fourth-order valence-electron chi connectivity index (χ4n) is 2.45. The summed E-state index contributed by atoms with van der Waals surface area (Å²) in [7, 11) is 0. The van der Waals surface area contributed by atoms with E-state index in [0.717, 1.165) is 17.3 Å². The third-order valence-electron chi connectivity index (χ3n) is 3.72. The van der Waals surface area contributed by atoms with E-state index in [2.05, 4.69) is 0 Å². The minimum atomic E-state index is -0.392. The highest BCUT2D eigenvalue weighted by Gasteiger charge is 2.35. The summed E-state index contributed by atoms with van der Waals surface area (Å²) < 4.78 is 5.40. The van der Waals surface area contributed by atoms with E-state index in [9.17, 15) is 14.7 Å². The summed E-state index contributed by atoms with van der Waals surface area (Å²) in [5, 5.41) is 10.3. The minimum Gasteiger partial charge on any atom is -0.507 e.